The van der Waals surface area contributed by atoms with E-state index >= 15 is 0 Å². The van der Waals surface area contributed by atoms with Gasteiger partial charge in [-0.3, -0.25) is 0 Å². The van der Waals surface area contributed by atoms with Crippen LogP contribution < -0.4 is 5.73 Å². The molecule has 0 unspecified atom stereocenters. The molecule has 2 nitrogen and oxygen atoms in total. The van der Waals surface area contributed by atoms with Gasteiger partial charge < -0.3 is 10.5 Å². The summed E-state index contributed by atoms with van der Waals surface area (Å²) in [5.41, 5.74) is 8.81. The molecule has 0 aliphatic heterocycles. The molecule has 1 aliphatic rings. The van der Waals surface area contributed by atoms with Gasteiger partial charge in [-0.05, 0) is 36.1 Å². The van der Waals surface area contributed by atoms with E-state index in [0.29, 0.717) is 6.61 Å². The van der Waals surface area contributed by atoms with E-state index in [1.165, 1.54) is 30.4 Å². The van der Waals surface area contributed by atoms with E-state index < -0.39 is 0 Å². The van der Waals surface area contributed by atoms with E-state index in [-0.39, 0.29) is 5.41 Å². The van der Waals surface area contributed by atoms with Gasteiger partial charge in [0.15, 0.2) is 0 Å². The van der Waals surface area contributed by atoms with Crippen molar-refractivity contribution in [1.82, 2.24) is 0 Å². The lowest BCUT2D eigenvalue weighted by atomic mass is 9.63. The third kappa shape index (κ3) is 2.04. The molecule has 1 fully saturated rings. The minimum absolute atomic E-state index is 0.206. The highest BCUT2D eigenvalue weighted by Gasteiger charge is 2.38. The van der Waals surface area contributed by atoms with Gasteiger partial charge in [-0.2, -0.15) is 0 Å². The number of halogens is 1. The Hall–Kier alpha value is -0.380. The summed E-state index contributed by atoms with van der Waals surface area (Å²) in [6, 6.07) is 6.42. The number of methoxy groups -OCH3 is 1. The van der Waals surface area contributed by atoms with Crippen molar-refractivity contribution in [2.24, 2.45) is 5.73 Å². The van der Waals surface area contributed by atoms with E-state index in [4.69, 9.17) is 10.5 Å². The summed E-state index contributed by atoms with van der Waals surface area (Å²) < 4.78 is 6.39. The van der Waals surface area contributed by atoms with Crippen LogP contribution in [0.15, 0.2) is 22.7 Å². The van der Waals surface area contributed by atoms with Crippen LogP contribution in [0, 0.1) is 0 Å². The van der Waals surface area contributed by atoms with Crippen LogP contribution in [0.2, 0.25) is 0 Å². The van der Waals surface area contributed by atoms with Crippen molar-refractivity contribution in [1.29, 1.82) is 0 Å². The number of hydrogen-bond acceptors (Lipinski definition) is 2. The van der Waals surface area contributed by atoms with E-state index in [9.17, 15) is 0 Å². The summed E-state index contributed by atoms with van der Waals surface area (Å²) in [7, 11) is 1.74. The lowest BCUT2D eigenvalue weighted by Crippen LogP contribution is -2.42. The molecule has 0 saturated heterocycles. The van der Waals surface area contributed by atoms with Crippen LogP contribution >= 0.6 is 15.9 Å². The first-order valence-electron chi connectivity index (χ1n) is 5.70. The standard InChI is InChI=1S/C13H18BrNO/c1-16-8-10-3-4-11(14)7-12(10)13(9-15)5-2-6-13/h3-4,7H,2,5-6,8-9,15H2,1H3. The highest BCUT2D eigenvalue weighted by molar-refractivity contribution is 9.10. The maximum absolute atomic E-state index is 5.96. The Morgan fingerprint density at radius 2 is 2.19 bits per heavy atom. The van der Waals surface area contributed by atoms with Gasteiger partial charge in [-0.15, -0.1) is 0 Å². The van der Waals surface area contributed by atoms with Crippen molar-refractivity contribution in [3.8, 4) is 0 Å². The van der Waals surface area contributed by atoms with Crippen molar-refractivity contribution >= 4 is 15.9 Å². The van der Waals surface area contributed by atoms with Crippen LogP contribution in [0.4, 0.5) is 0 Å². The van der Waals surface area contributed by atoms with Gasteiger partial charge in [0.2, 0.25) is 0 Å². The number of ether oxygens (including phenoxy) is 1. The van der Waals surface area contributed by atoms with Gasteiger partial charge in [0.05, 0.1) is 6.61 Å². The zero-order valence-electron chi connectivity index (χ0n) is 9.63. The molecule has 0 aromatic heterocycles. The molecule has 0 atom stereocenters. The van der Waals surface area contributed by atoms with Gasteiger partial charge in [0, 0.05) is 23.5 Å². The monoisotopic (exact) mass is 283 g/mol. The zero-order valence-corrected chi connectivity index (χ0v) is 11.2. The molecule has 88 valence electrons. The fraction of sp³-hybridized carbons (Fsp3) is 0.538. The minimum Gasteiger partial charge on any atom is -0.380 e. The van der Waals surface area contributed by atoms with Gasteiger partial charge in [0.25, 0.3) is 0 Å². The van der Waals surface area contributed by atoms with E-state index in [1.807, 2.05) is 0 Å². The predicted molar refractivity (Wildman–Crippen MR) is 69.4 cm³/mol. The molecular weight excluding hydrogens is 266 g/mol. The normalized spacial score (nSPS) is 18.2. The minimum atomic E-state index is 0.206. The molecule has 2 rings (SSSR count). The van der Waals surface area contributed by atoms with Gasteiger partial charge in [0.1, 0.15) is 0 Å². The smallest absolute Gasteiger partial charge is 0.0715 e. The molecule has 1 saturated carbocycles. The molecule has 0 radical (unpaired) electrons. The molecule has 1 aromatic rings. The second-order valence-electron chi connectivity index (χ2n) is 4.57. The largest absolute Gasteiger partial charge is 0.380 e. The predicted octanol–water partition coefficient (Wildman–Crippen LogP) is 2.98. The molecule has 2 N–H and O–H groups in total. The summed E-state index contributed by atoms with van der Waals surface area (Å²) >= 11 is 3.54. The maximum atomic E-state index is 5.96. The topological polar surface area (TPSA) is 35.2 Å². The number of hydrogen-bond donors (Lipinski definition) is 1. The van der Waals surface area contributed by atoms with E-state index in [0.717, 1.165) is 11.0 Å². The fourth-order valence-corrected chi connectivity index (χ4v) is 2.87. The molecule has 0 spiro atoms. The Morgan fingerprint density at radius 1 is 1.44 bits per heavy atom. The second-order valence-corrected chi connectivity index (χ2v) is 5.49. The van der Waals surface area contributed by atoms with E-state index in [1.54, 1.807) is 7.11 Å². The van der Waals surface area contributed by atoms with Crippen molar-refractivity contribution < 1.29 is 4.74 Å². The number of benzene rings is 1. The summed E-state index contributed by atoms with van der Waals surface area (Å²) in [5.74, 6) is 0. The van der Waals surface area contributed by atoms with E-state index in [2.05, 4.69) is 34.1 Å². The van der Waals surface area contributed by atoms with Gasteiger partial charge >= 0.3 is 0 Å². The molecule has 0 bridgehead atoms. The summed E-state index contributed by atoms with van der Waals surface area (Å²) in [5, 5.41) is 0. The third-order valence-electron chi connectivity index (χ3n) is 3.64. The average molecular weight is 284 g/mol. The summed E-state index contributed by atoms with van der Waals surface area (Å²) in [4.78, 5) is 0. The third-order valence-corrected chi connectivity index (χ3v) is 4.14. The van der Waals surface area contributed by atoms with Crippen LogP contribution in [0.5, 0.6) is 0 Å². The van der Waals surface area contributed by atoms with Crippen molar-refractivity contribution in [2.45, 2.75) is 31.3 Å². The van der Waals surface area contributed by atoms with Crippen LogP contribution in [-0.2, 0) is 16.8 Å². The van der Waals surface area contributed by atoms with Crippen LogP contribution in [-0.4, -0.2) is 13.7 Å². The van der Waals surface area contributed by atoms with Crippen LogP contribution in [0.3, 0.4) is 0 Å². The van der Waals surface area contributed by atoms with Gasteiger partial charge in [-0.25, -0.2) is 0 Å². The number of rotatable bonds is 4. The van der Waals surface area contributed by atoms with Crippen molar-refractivity contribution in [3.05, 3.63) is 33.8 Å². The van der Waals surface area contributed by atoms with Gasteiger partial charge in [-0.1, -0.05) is 28.4 Å². The Bertz CT molecular complexity index is 369. The van der Waals surface area contributed by atoms with Crippen molar-refractivity contribution in [3.63, 3.8) is 0 Å². The summed E-state index contributed by atoms with van der Waals surface area (Å²) in [6.45, 7) is 1.41. The molecule has 1 aromatic carbocycles. The molecule has 0 heterocycles. The molecule has 0 amide bonds. The Kier molecular flexibility index (Phi) is 3.67. The first kappa shape index (κ1) is 12.1. The SMILES string of the molecule is COCc1ccc(Br)cc1C1(CN)CCC1. The Labute approximate surface area is 105 Å². The Balaban J connectivity index is 2.40. The second kappa shape index (κ2) is 4.86. The first-order chi connectivity index (χ1) is 7.72. The van der Waals surface area contributed by atoms with Crippen molar-refractivity contribution in [2.75, 3.05) is 13.7 Å². The molecule has 16 heavy (non-hydrogen) atoms. The highest BCUT2D eigenvalue weighted by atomic mass is 79.9. The zero-order chi connectivity index (χ0) is 11.6. The van der Waals surface area contributed by atoms with Crippen LogP contribution in [0.25, 0.3) is 0 Å². The molecule has 3 heteroatoms. The van der Waals surface area contributed by atoms with Crippen LogP contribution in [0.1, 0.15) is 30.4 Å². The number of nitrogens with two attached hydrogens (primary N) is 1. The lowest BCUT2D eigenvalue weighted by Gasteiger charge is -2.42. The summed E-state index contributed by atoms with van der Waals surface area (Å²) in [6.07, 6.45) is 3.70. The Morgan fingerprint density at radius 3 is 2.69 bits per heavy atom. The maximum Gasteiger partial charge on any atom is 0.0715 e. The lowest BCUT2D eigenvalue weighted by molar-refractivity contribution is 0.178. The molecule has 1 aliphatic carbocycles. The first-order valence-corrected chi connectivity index (χ1v) is 6.49. The molecular formula is C13H18BrNO. The quantitative estimate of drug-likeness (QED) is 0.922. The fourth-order valence-electron chi connectivity index (χ4n) is 2.51. The average Bonchev–Trinajstić information content (AvgIpc) is 2.21. The highest BCUT2D eigenvalue weighted by Crippen LogP contribution is 2.45.